The molecule has 1 amide bonds. The van der Waals surface area contributed by atoms with E-state index in [0.29, 0.717) is 0 Å². The van der Waals surface area contributed by atoms with Gasteiger partial charge in [-0.3, -0.25) is 4.79 Å². The van der Waals surface area contributed by atoms with Crippen LogP contribution < -0.4 is 5.32 Å². The van der Waals surface area contributed by atoms with E-state index in [2.05, 4.69) is 57.9 Å². The largest absolute Gasteiger partial charge is 0.356 e. The van der Waals surface area contributed by atoms with Crippen molar-refractivity contribution in [2.45, 2.75) is 51.6 Å². The lowest BCUT2D eigenvalue weighted by Crippen LogP contribution is -2.39. The van der Waals surface area contributed by atoms with Crippen LogP contribution in [0.15, 0.2) is 30.6 Å². The first-order valence-corrected chi connectivity index (χ1v) is 9.31. The Morgan fingerprint density at radius 3 is 3.04 bits per heavy atom. The third-order valence-corrected chi connectivity index (χ3v) is 5.53. The third kappa shape index (κ3) is 2.87. The number of tetrazole rings is 1. The molecule has 1 aliphatic rings. The highest BCUT2D eigenvalue weighted by Crippen LogP contribution is 2.35. The number of carbonyl (C=O) groups is 1. The zero-order valence-corrected chi connectivity index (χ0v) is 15.1. The fourth-order valence-corrected chi connectivity index (χ4v) is 3.97. The number of aromatic nitrogens is 5. The van der Waals surface area contributed by atoms with Crippen LogP contribution in [0.4, 0.5) is 0 Å². The molecule has 3 atom stereocenters. The van der Waals surface area contributed by atoms with Crippen molar-refractivity contribution in [2.24, 2.45) is 5.92 Å². The van der Waals surface area contributed by atoms with E-state index in [1.54, 1.807) is 4.68 Å². The second kappa shape index (κ2) is 6.90. The fraction of sp³-hybridized carbons (Fsp3) is 0.474. The molecule has 0 saturated heterocycles. The number of nitrogens with one attached hydrogen (secondary N) is 2. The summed E-state index contributed by atoms with van der Waals surface area (Å²) in [5.41, 5.74) is 3.61. The number of aromatic amines is 1. The SMILES string of the molecule is CC[C@H](C)[C@@H](C(=O)N[C@H]1CCCc2c1[nH]c1ccccc21)n1cnnn1. The molecule has 0 spiro atoms. The van der Waals surface area contributed by atoms with Gasteiger partial charge in [0.15, 0.2) is 0 Å². The number of para-hydroxylation sites is 1. The number of H-pyrrole nitrogens is 1. The molecule has 3 aromatic rings. The molecule has 0 bridgehead atoms. The Bertz CT molecular complexity index is 900. The minimum Gasteiger partial charge on any atom is -0.356 e. The zero-order valence-electron chi connectivity index (χ0n) is 15.1. The lowest BCUT2D eigenvalue weighted by Gasteiger charge is -2.28. The highest BCUT2D eigenvalue weighted by Gasteiger charge is 2.31. The maximum absolute atomic E-state index is 13.1. The Kier molecular flexibility index (Phi) is 4.44. The van der Waals surface area contributed by atoms with E-state index in [1.807, 2.05) is 6.07 Å². The number of aryl methyl sites for hydroxylation is 1. The number of fused-ring (bicyclic) bond motifs is 3. The summed E-state index contributed by atoms with van der Waals surface area (Å²) in [7, 11) is 0. The van der Waals surface area contributed by atoms with Crippen molar-refractivity contribution >= 4 is 16.8 Å². The average molecular weight is 352 g/mol. The van der Waals surface area contributed by atoms with Gasteiger partial charge in [0.2, 0.25) is 5.91 Å². The van der Waals surface area contributed by atoms with Crippen molar-refractivity contribution in [1.29, 1.82) is 0 Å². The van der Waals surface area contributed by atoms with E-state index in [0.717, 1.165) is 36.9 Å². The fourth-order valence-electron chi connectivity index (χ4n) is 3.97. The van der Waals surface area contributed by atoms with E-state index in [1.165, 1.54) is 17.3 Å². The number of benzene rings is 1. The lowest BCUT2D eigenvalue weighted by molar-refractivity contribution is -0.127. The number of hydrogen-bond acceptors (Lipinski definition) is 4. The van der Waals surface area contributed by atoms with E-state index in [4.69, 9.17) is 0 Å². The highest BCUT2D eigenvalue weighted by atomic mass is 16.2. The molecule has 2 heterocycles. The predicted octanol–water partition coefficient (Wildman–Crippen LogP) is 2.94. The van der Waals surface area contributed by atoms with Crippen LogP contribution in [0.2, 0.25) is 0 Å². The van der Waals surface area contributed by atoms with Crippen LogP contribution in [-0.4, -0.2) is 31.1 Å². The number of carbonyl (C=O) groups excluding carboxylic acids is 1. The molecule has 4 rings (SSSR count). The zero-order chi connectivity index (χ0) is 18.1. The second-order valence-electron chi connectivity index (χ2n) is 7.14. The van der Waals surface area contributed by atoms with Gasteiger partial charge in [-0.05, 0) is 47.2 Å². The first-order chi connectivity index (χ1) is 12.7. The molecule has 7 nitrogen and oxygen atoms in total. The van der Waals surface area contributed by atoms with Crippen LogP contribution in [0.3, 0.4) is 0 Å². The molecule has 2 aromatic heterocycles. The molecule has 0 fully saturated rings. The number of amides is 1. The summed E-state index contributed by atoms with van der Waals surface area (Å²) in [6.45, 7) is 4.13. The van der Waals surface area contributed by atoms with Crippen molar-refractivity contribution in [3.05, 3.63) is 41.9 Å². The molecule has 0 unspecified atom stereocenters. The molecule has 136 valence electrons. The summed E-state index contributed by atoms with van der Waals surface area (Å²) in [5.74, 6) is 0.118. The number of hydrogen-bond donors (Lipinski definition) is 2. The average Bonchev–Trinajstić information content (AvgIpc) is 3.30. The first-order valence-electron chi connectivity index (χ1n) is 9.31. The Hall–Kier alpha value is -2.70. The molecule has 1 aliphatic carbocycles. The van der Waals surface area contributed by atoms with Gasteiger partial charge in [-0.2, -0.15) is 0 Å². The molecule has 2 N–H and O–H groups in total. The van der Waals surface area contributed by atoms with Gasteiger partial charge in [0.05, 0.1) is 6.04 Å². The molecule has 0 aliphatic heterocycles. The van der Waals surface area contributed by atoms with Crippen molar-refractivity contribution in [3.8, 4) is 0 Å². The third-order valence-electron chi connectivity index (χ3n) is 5.53. The summed E-state index contributed by atoms with van der Waals surface area (Å²) >= 11 is 0. The maximum Gasteiger partial charge on any atom is 0.245 e. The van der Waals surface area contributed by atoms with Gasteiger partial charge >= 0.3 is 0 Å². The van der Waals surface area contributed by atoms with Gasteiger partial charge < -0.3 is 10.3 Å². The molecule has 7 heteroatoms. The molecule has 0 radical (unpaired) electrons. The summed E-state index contributed by atoms with van der Waals surface area (Å²) in [6, 6.07) is 7.95. The first kappa shape index (κ1) is 16.8. The molecular weight excluding hydrogens is 328 g/mol. The summed E-state index contributed by atoms with van der Waals surface area (Å²) < 4.78 is 1.57. The summed E-state index contributed by atoms with van der Waals surface area (Å²) in [6.07, 6.45) is 5.45. The smallest absolute Gasteiger partial charge is 0.245 e. The van der Waals surface area contributed by atoms with Gasteiger partial charge in [-0.1, -0.05) is 38.5 Å². The van der Waals surface area contributed by atoms with Crippen LogP contribution in [0, 0.1) is 5.92 Å². The number of rotatable bonds is 5. The van der Waals surface area contributed by atoms with Gasteiger partial charge in [0.1, 0.15) is 12.4 Å². The van der Waals surface area contributed by atoms with Crippen LogP contribution in [-0.2, 0) is 11.2 Å². The van der Waals surface area contributed by atoms with Crippen LogP contribution >= 0.6 is 0 Å². The van der Waals surface area contributed by atoms with Gasteiger partial charge in [-0.25, -0.2) is 4.68 Å². The molecular formula is C19H24N6O. The Balaban J connectivity index is 1.62. The Morgan fingerprint density at radius 2 is 2.27 bits per heavy atom. The van der Waals surface area contributed by atoms with E-state index >= 15 is 0 Å². The van der Waals surface area contributed by atoms with Crippen molar-refractivity contribution in [2.75, 3.05) is 0 Å². The monoisotopic (exact) mass is 352 g/mol. The molecule has 0 saturated carbocycles. The number of nitrogens with zero attached hydrogens (tertiary/aromatic N) is 4. The second-order valence-corrected chi connectivity index (χ2v) is 7.14. The van der Waals surface area contributed by atoms with Gasteiger partial charge in [0.25, 0.3) is 0 Å². The standard InChI is InChI=1S/C19H24N6O/c1-3-12(2)18(25-11-20-23-24-25)19(26)22-16-10-6-8-14-13-7-4-5-9-15(13)21-17(14)16/h4-5,7,9,11-12,16,18,21H,3,6,8,10H2,1-2H3,(H,22,26)/t12-,16-,18-/m0/s1. The lowest BCUT2D eigenvalue weighted by atomic mass is 9.91. The highest BCUT2D eigenvalue weighted by molar-refractivity contribution is 5.86. The molecule has 1 aromatic carbocycles. The van der Waals surface area contributed by atoms with Crippen molar-refractivity contribution in [3.63, 3.8) is 0 Å². The van der Waals surface area contributed by atoms with E-state index in [-0.39, 0.29) is 17.9 Å². The van der Waals surface area contributed by atoms with E-state index in [9.17, 15) is 4.79 Å². The summed E-state index contributed by atoms with van der Waals surface area (Å²) in [5, 5.41) is 15.9. The minimum atomic E-state index is -0.398. The predicted molar refractivity (Wildman–Crippen MR) is 98.4 cm³/mol. The Morgan fingerprint density at radius 1 is 1.42 bits per heavy atom. The van der Waals surface area contributed by atoms with Gasteiger partial charge in [0, 0.05) is 16.6 Å². The normalized spacial score (nSPS) is 19.1. The quantitative estimate of drug-likeness (QED) is 0.739. The van der Waals surface area contributed by atoms with E-state index < -0.39 is 6.04 Å². The van der Waals surface area contributed by atoms with Gasteiger partial charge in [-0.15, -0.1) is 5.10 Å². The van der Waals surface area contributed by atoms with Crippen molar-refractivity contribution in [1.82, 2.24) is 30.5 Å². The van der Waals surface area contributed by atoms with Crippen molar-refractivity contribution < 1.29 is 4.79 Å². The Labute approximate surface area is 152 Å². The summed E-state index contributed by atoms with van der Waals surface area (Å²) in [4.78, 5) is 16.6. The maximum atomic E-state index is 13.1. The van der Waals surface area contributed by atoms with Crippen LogP contribution in [0.5, 0.6) is 0 Å². The minimum absolute atomic E-state index is 0.00156. The topological polar surface area (TPSA) is 88.5 Å². The molecule has 26 heavy (non-hydrogen) atoms. The van der Waals surface area contributed by atoms with Crippen LogP contribution in [0.25, 0.3) is 10.9 Å². The van der Waals surface area contributed by atoms with Crippen LogP contribution in [0.1, 0.15) is 56.5 Å².